The number of aromatic nitrogens is 3. The molecule has 1 heterocycles. The summed E-state index contributed by atoms with van der Waals surface area (Å²) in [5.41, 5.74) is 0. The molecule has 0 spiro atoms. The summed E-state index contributed by atoms with van der Waals surface area (Å²) in [4.78, 5) is 4.10. The zero-order valence-electron chi connectivity index (χ0n) is 8.94. The highest BCUT2D eigenvalue weighted by Gasteiger charge is 2.15. The monoisotopic (exact) mass is 303 g/mol. The first-order chi connectivity index (χ1) is 7.54. The number of allylic oxidation sites excluding steroid dienone is 4. The summed E-state index contributed by atoms with van der Waals surface area (Å²) < 4.78 is 7.72. The summed E-state index contributed by atoms with van der Waals surface area (Å²) in [6.45, 7) is 2.09. The van der Waals surface area contributed by atoms with E-state index in [0.717, 1.165) is 12.2 Å². The van der Waals surface area contributed by atoms with Crippen LogP contribution in [-0.4, -0.2) is 14.8 Å². The van der Waals surface area contributed by atoms with Gasteiger partial charge in [-0.2, -0.15) is 4.98 Å². The lowest BCUT2D eigenvalue weighted by molar-refractivity contribution is 0.340. The molecular weight excluding hydrogens is 293 g/mol. The standard InChI is InChI=1S/C10H11BrClN3O/c1-6-3-7(12)5-8(4-6)16-10-13-9(11)14-15(10)2/h3,5-6H,4H2,1-2H3. The summed E-state index contributed by atoms with van der Waals surface area (Å²) in [5, 5.41) is 4.74. The summed E-state index contributed by atoms with van der Waals surface area (Å²) in [6.07, 6.45) is 4.63. The fourth-order valence-corrected chi connectivity index (χ4v) is 2.25. The average molecular weight is 305 g/mol. The Kier molecular flexibility index (Phi) is 3.35. The SMILES string of the molecule is CC1C=C(Cl)C=C(Oc2nc(Br)nn2C)C1. The summed E-state index contributed by atoms with van der Waals surface area (Å²) >= 11 is 9.16. The third-order valence-corrected chi connectivity index (χ3v) is 2.76. The topological polar surface area (TPSA) is 39.9 Å². The molecule has 1 aliphatic carbocycles. The largest absolute Gasteiger partial charge is 0.429 e. The molecule has 0 saturated carbocycles. The molecule has 2 rings (SSSR count). The van der Waals surface area contributed by atoms with Gasteiger partial charge >= 0.3 is 6.01 Å². The van der Waals surface area contributed by atoms with Crippen molar-refractivity contribution in [1.82, 2.24) is 14.8 Å². The average Bonchev–Trinajstić information content (AvgIpc) is 2.43. The molecule has 0 amide bonds. The first-order valence-corrected chi connectivity index (χ1v) is 6.04. The van der Waals surface area contributed by atoms with Gasteiger partial charge in [-0.05, 0) is 27.9 Å². The van der Waals surface area contributed by atoms with Gasteiger partial charge in [-0.3, -0.25) is 0 Å². The van der Waals surface area contributed by atoms with Gasteiger partial charge in [-0.15, -0.1) is 5.10 Å². The van der Waals surface area contributed by atoms with Gasteiger partial charge in [0.15, 0.2) is 0 Å². The summed E-state index contributed by atoms with van der Waals surface area (Å²) in [7, 11) is 1.78. The van der Waals surface area contributed by atoms with Crippen LogP contribution >= 0.6 is 27.5 Å². The molecule has 6 heteroatoms. The number of hydrogen-bond acceptors (Lipinski definition) is 3. The Balaban J connectivity index is 2.16. The van der Waals surface area contributed by atoms with Crippen LogP contribution < -0.4 is 4.74 Å². The van der Waals surface area contributed by atoms with Crippen molar-refractivity contribution in [2.24, 2.45) is 13.0 Å². The van der Waals surface area contributed by atoms with E-state index in [1.165, 1.54) is 0 Å². The predicted molar refractivity (Wildman–Crippen MR) is 65.1 cm³/mol. The molecule has 0 radical (unpaired) electrons. The lowest BCUT2D eigenvalue weighted by Gasteiger charge is -2.15. The van der Waals surface area contributed by atoms with Crippen molar-refractivity contribution in [2.75, 3.05) is 0 Å². The van der Waals surface area contributed by atoms with Crippen molar-refractivity contribution in [3.8, 4) is 6.01 Å². The lowest BCUT2D eigenvalue weighted by atomic mass is 10.0. The zero-order chi connectivity index (χ0) is 11.7. The minimum absolute atomic E-state index is 0.379. The van der Waals surface area contributed by atoms with Gasteiger partial charge in [0, 0.05) is 18.5 Å². The number of halogens is 2. The molecule has 1 aromatic rings. The minimum atomic E-state index is 0.379. The van der Waals surface area contributed by atoms with Gasteiger partial charge in [0.2, 0.25) is 4.73 Å². The number of ether oxygens (including phenoxy) is 1. The minimum Gasteiger partial charge on any atom is -0.429 e. The molecule has 0 N–H and O–H groups in total. The van der Waals surface area contributed by atoms with Crippen molar-refractivity contribution < 1.29 is 4.74 Å². The normalized spacial score (nSPS) is 20.4. The maximum atomic E-state index is 5.97. The second-order valence-electron chi connectivity index (χ2n) is 3.73. The highest BCUT2D eigenvalue weighted by molar-refractivity contribution is 9.10. The number of rotatable bonds is 2. The van der Waals surface area contributed by atoms with Crippen molar-refractivity contribution in [3.05, 3.63) is 27.7 Å². The van der Waals surface area contributed by atoms with Crippen LogP contribution in [0.5, 0.6) is 6.01 Å². The Morgan fingerprint density at radius 3 is 2.94 bits per heavy atom. The van der Waals surface area contributed by atoms with Gasteiger partial charge in [-0.1, -0.05) is 24.6 Å². The molecule has 1 atom stereocenters. The van der Waals surface area contributed by atoms with Crippen LogP contribution in [0.1, 0.15) is 13.3 Å². The van der Waals surface area contributed by atoms with Crippen LogP contribution in [0.3, 0.4) is 0 Å². The molecular formula is C10H11BrClN3O. The van der Waals surface area contributed by atoms with Crippen LogP contribution in [0.2, 0.25) is 0 Å². The van der Waals surface area contributed by atoms with Gasteiger partial charge in [0.05, 0.1) is 0 Å². The third kappa shape index (κ3) is 2.65. The van der Waals surface area contributed by atoms with Crippen LogP contribution in [0.15, 0.2) is 27.7 Å². The van der Waals surface area contributed by atoms with E-state index in [1.807, 2.05) is 12.2 Å². The number of aryl methyl sites for hydroxylation is 1. The van der Waals surface area contributed by atoms with E-state index in [-0.39, 0.29) is 0 Å². The molecule has 86 valence electrons. The Bertz CT molecular complexity index is 467. The Labute approximate surface area is 107 Å². The van der Waals surface area contributed by atoms with Crippen LogP contribution in [-0.2, 0) is 7.05 Å². The van der Waals surface area contributed by atoms with Crippen LogP contribution in [0.4, 0.5) is 0 Å². The van der Waals surface area contributed by atoms with E-state index >= 15 is 0 Å². The first kappa shape index (κ1) is 11.7. The van der Waals surface area contributed by atoms with Gasteiger partial charge in [0.25, 0.3) is 0 Å². The molecule has 0 aromatic carbocycles. The molecule has 0 bridgehead atoms. The van der Waals surface area contributed by atoms with E-state index in [0.29, 0.717) is 21.7 Å². The summed E-state index contributed by atoms with van der Waals surface area (Å²) in [5.74, 6) is 1.19. The molecule has 1 unspecified atom stereocenters. The smallest absolute Gasteiger partial charge is 0.320 e. The van der Waals surface area contributed by atoms with Crippen molar-refractivity contribution in [3.63, 3.8) is 0 Å². The first-order valence-electron chi connectivity index (χ1n) is 4.87. The zero-order valence-corrected chi connectivity index (χ0v) is 11.3. The van der Waals surface area contributed by atoms with Gasteiger partial charge in [-0.25, -0.2) is 4.68 Å². The predicted octanol–water partition coefficient (Wildman–Crippen LogP) is 3.00. The fourth-order valence-electron chi connectivity index (χ4n) is 1.53. The van der Waals surface area contributed by atoms with E-state index in [9.17, 15) is 0 Å². The van der Waals surface area contributed by atoms with Crippen molar-refractivity contribution in [2.45, 2.75) is 13.3 Å². The lowest BCUT2D eigenvalue weighted by Crippen LogP contribution is -2.07. The van der Waals surface area contributed by atoms with Crippen molar-refractivity contribution >= 4 is 27.5 Å². The maximum Gasteiger partial charge on any atom is 0.320 e. The fraction of sp³-hybridized carbons (Fsp3) is 0.400. The van der Waals surface area contributed by atoms with Gasteiger partial charge < -0.3 is 4.74 Å². The molecule has 1 aliphatic rings. The van der Waals surface area contributed by atoms with E-state index in [4.69, 9.17) is 16.3 Å². The molecule has 0 fully saturated rings. The maximum absolute atomic E-state index is 5.97. The number of hydrogen-bond donors (Lipinski definition) is 0. The molecule has 0 saturated heterocycles. The molecule has 4 nitrogen and oxygen atoms in total. The number of nitrogens with zero attached hydrogens (tertiary/aromatic N) is 3. The third-order valence-electron chi connectivity index (χ3n) is 2.19. The van der Waals surface area contributed by atoms with E-state index < -0.39 is 0 Å². The van der Waals surface area contributed by atoms with E-state index in [1.54, 1.807) is 11.7 Å². The van der Waals surface area contributed by atoms with Gasteiger partial charge in [0.1, 0.15) is 5.76 Å². The Morgan fingerprint density at radius 2 is 2.38 bits per heavy atom. The molecule has 1 aromatic heterocycles. The molecule has 16 heavy (non-hydrogen) atoms. The van der Waals surface area contributed by atoms with Crippen molar-refractivity contribution in [1.29, 1.82) is 0 Å². The Hall–Kier alpha value is -0.810. The van der Waals surface area contributed by atoms with E-state index in [2.05, 4.69) is 32.9 Å². The second-order valence-corrected chi connectivity index (χ2v) is 4.88. The quantitative estimate of drug-likeness (QED) is 0.843. The molecule has 0 aliphatic heterocycles. The highest BCUT2D eigenvalue weighted by Crippen LogP contribution is 2.26. The Morgan fingerprint density at radius 1 is 1.62 bits per heavy atom. The van der Waals surface area contributed by atoms with Crippen LogP contribution in [0, 0.1) is 5.92 Å². The second kappa shape index (κ2) is 4.59. The highest BCUT2D eigenvalue weighted by atomic mass is 79.9. The summed E-state index contributed by atoms with van der Waals surface area (Å²) in [6, 6.07) is 0.455. The van der Waals surface area contributed by atoms with Crippen LogP contribution in [0.25, 0.3) is 0 Å².